The van der Waals surface area contributed by atoms with Gasteiger partial charge in [0.05, 0.1) is 0 Å². The van der Waals surface area contributed by atoms with Crippen molar-refractivity contribution in [3.8, 4) is 0 Å². The van der Waals surface area contributed by atoms with E-state index in [0.29, 0.717) is 0 Å². The number of nitrogens with one attached hydrogen (secondary N) is 2. The Morgan fingerprint density at radius 1 is 1.20 bits per heavy atom. The highest BCUT2D eigenvalue weighted by Crippen LogP contribution is 2.21. The van der Waals surface area contributed by atoms with Crippen LogP contribution in [0.2, 0.25) is 0 Å². The predicted octanol–water partition coefficient (Wildman–Crippen LogP) is -0.536. The van der Waals surface area contributed by atoms with Crippen LogP contribution >= 0.6 is 8.25 Å². The molecule has 0 rings (SSSR count). The smallest absolute Gasteiger partial charge is 0.350 e. The first-order chi connectivity index (χ1) is 4.52. The molecule has 0 amide bonds. The van der Waals surface area contributed by atoms with Gasteiger partial charge in [-0.2, -0.15) is 9.05 Å². The number of hydrogen-bond acceptors (Lipinski definition) is 5. The van der Waals surface area contributed by atoms with Crippen LogP contribution in [0.1, 0.15) is 0 Å². The van der Waals surface area contributed by atoms with E-state index in [0.717, 1.165) is 0 Å². The average molecular weight is 165 g/mol. The highest BCUT2D eigenvalue weighted by Gasteiger charge is 2.25. The fraction of sp³-hybridized carbons (Fsp3) is 0. The van der Waals surface area contributed by atoms with E-state index in [1.54, 1.807) is 0 Å². The van der Waals surface area contributed by atoms with Crippen LogP contribution in [0.15, 0.2) is 0 Å². The van der Waals surface area contributed by atoms with Gasteiger partial charge in [-0.25, -0.2) is 10.8 Å². The number of amidine groups is 2. The fourth-order valence-electron chi connectivity index (χ4n) is 0.179. The Kier molecular flexibility index (Phi) is 3.13. The molecular formula is C2H6N4O3P+. The first-order valence-electron chi connectivity index (χ1n) is 2.03. The van der Waals surface area contributed by atoms with Crippen molar-refractivity contribution in [3.63, 3.8) is 0 Å². The van der Waals surface area contributed by atoms with Crippen LogP contribution < -0.4 is 11.5 Å². The summed E-state index contributed by atoms with van der Waals surface area (Å²) in [6.45, 7) is 0. The minimum atomic E-state index is -2.61. The van der Waals surface area contributed by atoms with Gasteiger partial charge in [-0.15, -0.1) is 0 Å². The van der Waals surface area contributed by atoms with Gasteiger partial charge in [0.25, 0.3) is 0 Å². The molecule has 10 heavy (non-hydrogen) atoms. The summed E-state index contributed by atoms with van der Waals surface area (Å²) in [5, 5.41) is 12.9. The Morgan fingerprint density at radius 2 is 1.50 bits per heavy atom. The zero-order valence-corrected chi connectivity index (χ0v) is 5.72. The van der Waals surface area contributed by atoms with Crippen LogP contribution in [0.25, 0.3) is 0 Å². The van der Waals surface area contributed by atoms with Crippen molar-refractivity contribution in [2.24, 2.45) is 11.5 Å². The van der Waals surface area contributed by atoms with Crippen molar-refractivity contribution in [3.05, 3.63) is 0 Å². The van der Waals surface area contributed by atoms with Gasteiger partial charge in [0.1, 0.15) is 0 Å². The second-order valence-electron chi connectivity index (χ2n) is 1.13. The molecule has 0 aromatic heterocycles. The molecule has 0 aromatic carbocycles. The first-order valence-corrected chi connectivity index (χ1v) is 3.13. The molecule has 0 bridgehead atoms. The monoisotopic (exact) mass is 165 g/mol. The van der Waals surface area contributed by atoms with Gasteiger partial charge < -0.3 is 11.5 Å². The highest BCUT2D eigenvalue weighted by molar-refractivity contribution is 7.34. The standard InChI is InChI=1S/C2H6N4O3P/c3-1(4)8-10(7)9-2(5)6/h(H3,3,4)(H3,5,6)/q+1. The molecule has 0 saturated carbocycles. The summed E-state index contributed by atoms with van der Waals surface area (Å²) in [4.78, 5) is 0. The number of hydrogen-bond donors (Lipinski definition) is 4. The molecule has 6 N–H and O–H groups in total. The Balaban J connectivity index is 3.65. The van der Waals surface area contributed by atoms with E-state index in [4.69, 9.17) is 10.8 Å². The summed E-state index contributed by atoms with van der Waals surface area (Å²) in [5.41, 5.74) is 9.31. The Labute approximate surface area is 57.3 Å². The van der Waals surface area contributed by atoms with E-state index in [1.807, 2.05) is 0 Å². The van der Waals surface area contributed by atoms with Crippen molar-refractivity contribution in [2.45, 2.75) is 0 Å². The Hall–Kier alpha value is -1.36. The van der Waals surface area contributed by atoms with E-state index in [9.17, 15) is 4.57 Å². The van der Waals surface area contributed by atoms with Crippen LogP contribution in [0, 0.1) is 10.8 Å². The van der Waals surface area contributed by atoms with Crippen molar-refractivity contribution >= 4 is 20.3 Å². The molecule has 0 unspecified atom stereocenters. The average Bonchev–Trinajstić information content (AvgIpc) is 1.58. The van der Waals surface area contributed by atoms with Crippen molar-refractivity contribution in [2.75, 3.05) is 0 Å². The summed E-state index contributed by atoms with van der Waals surface area (Å²) >= 11 is 0. The molecule has 8 heteroatoms. The summed E-state index contributed by atoms with van der Waals surface area (Å²) in [6.07, 6.45) is 0. The van der Waals surface area contributed by atoms with E-state index < -0.39 is 20.3 Å². The maximum Gasteiger partial charge on any atom is 0.811 e. The van der Waals surface area contributed by atoms with E-state index in [2.05, 4.69) is 20.5 Å². The lowest BCUT2D eigenvalue weighted by molar-refractivity contribution is 0.400. The molecule has 0 heterocycles. The minimum absolute atomic E-state index is 0.748. The predicted molar refractivity (Wildman–Crippen MR) is 33.6 cm³/mol. The highest BCUT2D eigenvalue weighted by atomic mass is 31.1. The normalized spacial score (nSPS) is 9.80. The maximum absolute atomic E-state index is 10.3. The lowest BCUT2D eigenvalue weighted by Crippen LogP contribution is -2.14. The van der Waals surface area contributed by atoms with Gasteiger partial charge in [0.15, 0.2) is 0 Å². The molecule has 0 fully saturated rings. The lowest BCUT2D eigenvalue weighted by Gasteiger charge is -1.84. The van der Waals surface area contributed by atoms with Crippen LogP contribution in [0.3, 0.4) is 0 Å². The van der Waals surface area contributed by atoms with E-state index in [-0.39, 0.29) is 0 Å². The summed E-state index contributed by atoms with van der Waals surface area (Å²) in [6, 6.07) is -1.50. The molecule has 0 aliphatic rings. The Bertz CT molecular complexity index is 161. The third-order valence-electron chi connectivity index (χ3n) is 0.346. The summed E-state index contributed by atoms with van der Waals surface area (Å²) in [5.74, 6) is 0. The van der Waals surface area contributed by atoms with Crippen LogP contribution in [0.5, 0.6) is 0 Å². The van der Waals surface area contributed by atoms with Crippen LogP contribution in [0.4, 0.5) is 0 Å². The molecule has 0 aromatic rings. The SMILES string of the molecule is N=C(N)O[P+](=O)OC(=N)N. The molecule has 0 saturated heterocycles. The third kappa shape index (κ3) is 4.79. The van der Waals surface area contributed by atoms with E-state index >= 15 is 0 Å². The van der Waals surface area contributed by atoms with Gasteiger partial charge in [0.2, 0.25) is 0 Å². The van der Waals surface area contributed by atoms with Gasteiger partial charge in [-0.3, -0.25) is 0 Å². The van der Waals surface area contributed by atoms with E-state index in [1.165, 1.54) is 0 Å². The van der Waals surface area contributed by atoms with Crippen molar-refractivity contribution < 1.29 is 13.6 Å². The van der Waals surface area contributed by atoms with Gasteiger partial charge in [-0.1, -0.05) is 0 Å². The molecule has 0 aliphatic carbocycles. The molecule has 0 radical (unpaired) electrons. The minimum Gasteiger partial charge on any atom is -0.350 e. The van der Waals surface area contributed by atoms with Crippen molar-refractivity contribution in [1.82, 2.24) is 0 Å². The molecule has 0 aliphatic heterocycles. The van der Waals surface area contributed by atoms with Gasteiger partial charge in [-0.05, 0) is 0 Å². The van der Waals surface area contributed by atoms with Gasteiger partial charge in [0, 0.05) is 4.57 Å². The quantitative estimate of drug-likeness (QED) is 0.247. The Morgan fingerprint density at radius 3 is 1.70 bits per heavy atom. The molecule has 7 nitrogen and oxygen atoms in total. The fourth-order valence-corrected chi connectivity index (χ4v) is 0.538. The summed E-state index contributed by atoms with van der Waals surface area (Å²) in [7, 11) is -2.61. The second-order valence-corrected chi connectivity index (χ2v) is 1.95. The van der Waals surface area contributed by atoms with Crippen molar-refractivity contribution in [1.29, 1.82) is 10.8 Å². The first kappa shape index (κ1) is 8.64. The summed E-state index contributed by atoms with van der Waals surface area (Å²) < 4.78 is 18.3. The molecule has 56 valence electrons. The maximum atomic E-state index is 10.3. The molecular weight excluding hydrogens is 159 g/mol. The second kappa shape index (κ2) is 3.62. The molecule has 0 atom stereocenters. The molecule has 0 spiro atoms. The topological polar surface area (TPSA) is 135 Å². The van der Waals surface area contributed by atoms with Crippen LogP contribution in [-0.4, -0.2) is 12.0 Å². The number of rotatable bonds is 2. The van der Waals surface area contributed by atoms with Crippen LogP contribution in [-0.2, 0) is 13.6 Å². The third-order valence-corrected chi connectivity index (χ3v) is 1.04. The zero-order chi connectivity index (χ0) is 8.15. The van der Waals surface area contributed by atoms with Gasteiger partial charge >= 0.3 is 20.3 Å². The zero-order valence-electron chi connectivity index (χ0n) is 4.83. The lowest BCUT2D eigenvalue weighted by atomic mass is 11.3. The number of nitrogens with two attached hydrogens (primary N) is 2. The largest absolute Gasteiger partial charge is 0.811 e.